The molecule has 0 aliphatic rings. The van der Waals surface area contributed by atoms with E-state index in [9.17, 15) is 9.90 Å². The van der Waals surface area contributed by atoms with Crippen LogP contribution in [0.15, 0.2) is 60.7 Å². The van der Waals surface area contributed by atoms with Crippen LogP contribution in [0.1, 0.15) is 30.0 Å². The molecule has 0 fully saturated rings. The lowest BCUT2D eigenvalue weighted by Gasteiger charge is -2.13. The van der Waals surface area contributed by atoms with Crippen molar-refractivity contribution in [3.8, 4) is 28.0 Å². The zero-order chi connectivity index (χ0) is 20.1. The molecule has 3 aromatic carbocycles. The smallest absolute Gasteiger partial charge is 0.306 e. The highest BCUT2D eigenvalue weighted by Gasteiger charge is 2.11. The Hall–Kier alpha value is -3.07. The number of esters is 1. The zero-order valence-corrected chi connectivity index (χ0v) is 16.7. The maximum atomic E-state index is 11.7. The summed E-state index contributed by atoms with van der Waals surface area (Å²) in [7, 11) is 0. The Kier molecular flexibility index (Phi) is 6.15. The van der Waals surface area contributed by atoms with Crippen LogP contribution in [0.4, 0.5) is 0 Å². The summed E-state index contributed by atoms with van der Waals surface area (Å²) in [4.78, 5) is 11.7. The highest BCUT2D eigenvalue weighted by atomic mass is 16.5. The molecular formula is C25H26O3. The summed E-state index contributed by atoms with van der Waals surface area (Å²) in [5, 5.41) is 9.91. The van der Waals surface area contributed by atoms with Gasteiger partial charge in [0.25, 0.3) is 0 Å². The summed E-state index contributed by atoms with van der Waals surface area (Å²) < 4.78 is 5.03. The molecule has 0 aromatic heterocycles. The van der Waals surface area contributed by atoms with Crippen molar-refractivity contribution >= 4 is 5.97 Å². The number of ether oxygens (including phenoxy) is 1. The highest BCUT2D eigenvalue weighted by Crippen LogP contribution is 2.32. The zero-order valence-electron chi connectivity index (χ0n) is 16.7. The van der Waals surface area contributed by atoms with Crippen LogP contribution in [0.25, 0.3) is 22.3 Å². The van der Waals surface area contributed by atoms with Crippen LogP contribution in [0, 0.1) is 13.8 Å². The second kappa shape index (κ2) is 8.75. The van der Waals surface area contributed by atoms with Gasteiger partial charge in [-0.15, -0.1) is 0 Å². The first kappa shape index (κ1) is 19.7. The Balaban J connectivity index is 1.93. The van der Waals surface area contributed by atoms with Gasteiger partial charge in [-0.3, -0.25) is 4.79 Å². The Morgan fingerprint density at radius 2 is 1.68 bits per heavy atom. The Morgan fingerprint density at radius 1 is 0.929 bits per heavy atom. The van der Waals surface area contributed by atoms with E-state index >= 15 is 0 Å². The van der Waals surface area contributed by atoms with E-state index in [1.54, 1.807) is 19.1 Å². The highest BCUT2D eigenvalue weighted by molar-refractivity contribution is 5.76. The average molecular weight is 374 g/mol. The lowest BCUT2D eigenvalue weighted by molar-refractivity contribution is -0.143. The fraction of sp³-hybridized carbons (Fsp3) is 0.240. The van der Waals surface area contributed by atoms with Gasteiger partial charge in [-0.05, 0) is 72.7 Å². The van der Waals surface area contributed by atoms with Crippen molar-refractivity contribution in [1.29, 1.82) is 0 Å². The molecule has 0 bridgehead atoms. The summed E-state index contributed by atoms with van der Waals surface area (Å²) in [6, 6.07) is 20.2. The third-order valence-corrected chi connectivity index (χ3v) is 4.86. The van der Waals surface area contributed by atoms with Crippen molar-refractivity contribution in [1.82, 2.24) is 0 Å². The van der Waals surface area contributed by atoms with E-state index in [2.05, 4.69) is 56.3 Å². The molecule has 0 atom stereocenters. The van der Waals surface area contributed by atoms with Gasteiger partial charge in [0.2, 0.25) is 0 Å². The standard InChI is InChI=1S/C25H26O3/c1-4-28-25(27)13-9-21-16-22(26)10-12-24(21)20-8-11-23(18(3)15-20)19-7-5-6-17(2)14-19/h5-8,10-12,14-16,26H,4,9,13H2,1-3H3. The molecule has 3 rings (SSSR count). The van der Waals surface area contributed by atoms with Crippen LogP contribution in [-0.4, -0.2) is 17.7 Å². The lowest BCUT2D eigenvalue weighted by atomic mass is 9.92. The molecule has 3 aromatic rings. The summed E-state index contributed by atoms with van der Waals surface area (Å²) >= 11 is 0. The van der Waals surface area contributed by atoms with Crippen LogP contribution in [0.2, 0.25) is 0 Å². The van der Waals surface area contributed by atoms with Gasteiger partial charge in [-0.2, -0.15) is 0 Å². The number of rotatable bonds is 6. The molecule has 0 saturated heterocycles. The molecule has 0 amide bonds. The minimum Gasteiger partial charge on any atom is -0.508 e. The summed E-state index contributed by atoms with van der Waals surface area (Å²) in [6.45, 7) is 6.39. The fourth-order valence-corrected chi connectivity index (χ4v) is 3.51. The van der Waals surface area contributed by atoms with Gasteiger partial charge < -0.3 is 9.84 Å². The normalized spacial score (nSPS) is 10.7. The predicted molar refractivity (Wildman–Crippen MR) is 113 cm³/mol. The van der Waals surface area contributed by atoms with Crippen molar-refractivity contribution in [3.05, 3.63) is 77.4 Å². The maximum Gasteiger partial charge on any atom is 0.306 e. The largest absolute Gasteiger partial charge is 0.508 e. The van der Waals surface area contributed by atoms with Gasteiger partial charge in [0.1, 0.15) is 5.75 Å². The van der Waals surface area contributed by atoms with Crippen LogP contribution in [0.3, 0.4) is 0 Å². The van der Waals surface area contributed by atoms with E-state index in [1.807, 2.05) is 6.07 Å². The van der Waals surface area contributed by atoms with Crippen molar-refractivity contribution in [2.45, 2.75) is 33.6 Å². The number of aryl methyl sites for hydroxylation is 3. The Bertz CT molecular complexity index is 989. The third-order valence-electron chi connectivity index (χ3n) is 4.86. The van der Waals surface area contributed by atoms with E-state index in [-0.39, 0.29) is 11.7 Å². The molecule has 3 nitrogen and oxygen atoms in total. The quantitative estimate of drug-likeness (QED) is 0.552. The second-order valence-electron chi connectivity index (χ2n) is 7.05. The monoisotopic (exact) mass is 374 g/mol. The van der Waals surface area contributed by atoms with E-state index < -0.39 is 0 Å². The second-order valence-corrected chi connectivity index (χ2v) is 7.05. The number of phenolic OH excluding ortho intramolecular Hbond substituents is 1. The van der Waals surface area contributed by atoms with Gasteiger partial charge >= 0.3 is 5.97 Å². The third kappa shape index (κ3) is 4.61. The maximum absolute atomic E-state index is 11.7. The van der Waals surface area contributed by atoms with E-state index in [4.69, 9.17) is 4.74 Å². The van der Waals surface area contributed by atoms with Crippen LogP contribution in [-0.2, 0) is 16.0 Å². The minimum absolute atomic E-state index is 0.204. The predicted octanol–water partition coefficient (Wildman–Crippen LogP) is 5.84. The number of carbonyl (C=O) groups excluding carboxylic acids is 1. The molecule has 0 spiro atoms. The van der Waals surface area contributed by atoms with Gasteiger partial charge in [0.15, 0.2) is 0 Å². The molecule has 0 radical (unpaired) electrons. The average Bonchev–Trinajstić information content (AvgIpc) is 2.66. The van der Waals surface area contributed by atoms with Gasteiger partial charge in [0.05, 0.1) is 6.61 Å². The molecule has 144 valence electrons. The van der Waals surface area contributed by atoms with Crippen molar-refractivity contribution < 1.29 is 14.6 Å². The number of hydrogen-bond donors (Lipinski definition) is 1. The van der Waals surface area contributed by atoms with Gasteiger partial charge in [0, 0.05) is 6.42 Å². The molecule has 0 aliphatic heterocycles. The minimum atomic E-state index is -0.220. The van der Waals surface area contributed by atoms with E-state index in [0.717, 1.165) is 16.7 Å². The van der Waals surface area contributed by atoms with Crippen molar-refractivity contribution in [2.75, 3.05) is 6.61 Å². The first-order valence-electron chi connectivity index (χ1n) is 9.63. The summed E-state index contributed by atoms with van der Waals surface area (Å²) in [6.07, 6.45) is 0.825. The van der Waals surface area contributed by atoms with Gasteiger partial charge in [-0.1, -0.05) is 54.1 Å². The van der Waals surface area contributed by atoms with Crippen LogP contribution >= 0.6 is 0 Å². The first-order valence-corrected chi connectivity index (χ1v) is 9.63. The fourth-order valence-electron chi connectivity index (χ4n) is 3.51. The summed E-state index contributed by atoms with van der Waals surface area (Å²) in [5.74, 6) is -0.0153. The van der Waals surface area contributed by atoms with Crippen LogP contribution in [0.5, 0.6) is 5.75 Å². The first-order chi connectivity index (χ1) is 13.5. The lowest BCUT2D eigenvalue weighted by Crippen LogP contribution is -2.05. The SMILES string of the molecule is CCOC(=O)CCc1cc(O)ccc1-c1ccc(-c2cccc(C)c2)c(C)c1. The number of aromatic hydroxyl groups is 1. The molecule has 0 aliphatic carbocycles. The molecular weight excluding hydrogens is 348 g/mol. The molecule has 28 heavy (non-hydrogen) atoms. The number of benzene rings is 3. The molecule has 0 unspecified atom stereocenters. The van der Waals surface area contributed by atoms with Crippen LogP contribution < -0.4 is 0 Å². The Labute approximate surface area is 166 Å². The number of phenols is 1. The van der Waals surface area contributed by atoms with E-state index in [0.29, 0.717) is 19.4 Å². The van der Waals surface area contributed by atoms with E-state index in [1.165, 1.54) is 22.3 Å². The molecule has 0 heterocycles. The molecule has 3 heteroatoms. The summed E-state index contributed by atoms with van der Waals surface area (Å²) in [5.41, 5.74) is 7.88. The topological polar surface area (TPSA) is 46.5 Å². The van der Waals surface area contributed by atoms with Gasteiger partial charge in [-0.25, -0.2) is 0 Å². The molecule has 1 N–H and O–H groups in total. The van der Waals surface area contributed by atoms with Crippen molar-refractivity contribution in [3.63, 3.8) is 0 Å². The van der Waals surface area contributed by atoms with Crippen molar-refractivity contribution in [2.24, 2.45) is 0 Å². The number of carbonyl (C=O) groups is 1. The Morgan fingerprint density at radius 3 is 2.39 bits per heavy atom. The number of hydrogen-bond acceptors (Lipinski definition) is 3. The molecule has 0 saturated carbocycles.